The van der Waals surface area contributed by atoms with E-state index in [1.54, 1.807) is 16.9 Å². The van der Waals surface area contributed by atoms with Crippen molar-refractivity contribution < 1.29 is 18.0 Å². The number of likely N-dealkylation sites (tertiary alicyclic amines) is 1. The molecular formula is C19H18ClF3N6O. The van der Waals surface area contributed by atoms with Gasteiger partial charge in [-0.15, -0.1) is 0 Å². The standard InChI is InChI=1S/C19H18ClF3N6O/c1-10-4-5-29(27-10)16-9-28(18(24)30)15(16)8-25-14-7-17(19(21,22)23)26-13-3-2-11(20)6-12(13)14/h2-7,15-16H,8-9H2,1H3,(H2,24,30)(H,25,26). The number of nitrogens with zero attached hydrogens (tertiary/aromatic N) is 4. The van der Waals surface area contributed by atoms with Crippen molar-refractivity contribution in [3.63, 3.8) is 0 Å². The Kier molecular flexibility index (Phi) is 4.97. The molecule has 1 saturated heterocycles. The van der Waals surface area contributed by atoms with Gasteiger partial charge in [0.25, 0.3) is 0 Å². The Hall–Kier alpha value is -3.01. The zero-order valence-corrected chi connectivity index (χ0v) is 16.6. The maximum atomic E-state index is 13.3. The molecule has 2 amide bonds. The van der Waals surface area contributed by atoms with Crippen LogP contribution in [0.4, 0.5) is 23.7 Å². The third-order valence-electron chi connectivity index (χ3n) is 5.16. The topological polar surface area (TPSA) is 89.1 Å². The Morgan fingerprint density at radius 3 is 2.73 bits per heavy atom. The molecule has 7 nitrogen and oxygen atoms in total. The summed E-state index contributed by atoms with van der Waals surface area (Å²) in [5.74, 6) is 0. The minimum atomic E-state index is -4.60. The van der Waals surface area contributed by atoms with Crippen molar-refractivity contribution in [2.24, 2.45) is 5.73 Å². The van der Waals surface area contributed by atoms with Crippen molar-refractivity contribution in [1.29, 1.82) is 0 Å². The van der Waals surface area contributed by atoms with Crippen molar-refractivity contribution in [2.45, 2.75) is 25.2 Å². The molecule has 1 aliphatic rings. The van der Waals surface area contributed by atoms with Crippen LogP contribution in [0.1, 0.15) is 17.4 Å². The Balaban J connectivity index is 1.65. The Labute approximate surface area is 174 Å². The average Bonchev–Trinajstić information content (AvgIpc) is 3.05. The van der Waals surface area contributed by atoms with Gasteiger partial charge in [-0.05, 0) is 37.3 Å². The maximum Gasteiger partial charge on any atom is 0.433 e. The van der Waals surface area contributed by atoms with E-state index in [4.69, 9.17) is 17.3 Å². The van der Waals surface area contributed by atoms with Crippen LogP contribution in [0.5, 0.6) is 0 Å². The number of halogens is 4. The van der Waals surface area contributed by atoms with Gasteiger partial charge in [0.2, 0.25) is 0 Å². The molecule has 2 unspecified atom stereocenters. The Bertz CT molecular complexity index is 1120. The van der Waals surface area contributed by atoms with Gasteiger partial charge in [0.05, 0.1) is 23.3 Å². The van der Waals surface area contributed by atoms with E-state index < -0.39 is 17.9 Å². The van der Waals surface area contributed by atoms with Crippen LogP contribution < -0.4 is 11.1 Å². The van der Waals surface area contributed by atoms with Crippen LogP contribution >= 0.6 is 11.6 Å². The van der Waals surface area contributed by atoms with Crippen molar-refractivity contribution in [1.82, 2.24) is 19.7 Å². The molecule has 3 heterocycles. The number of fused-ring (bicyclic) bond motifs is 1. The molecule has 4 rings (SSSR count). The number of pyridine rings is 1. The summed E-state index contributed by atoms with van der Waals surface area (Å²) >= 11 is 6.03. The van der Waals surface area contributed by atoms with E-state index in [2.05, 4.69) is 15.4 Å². The summed E-state index contributed by atoms with van der Waals surface area (Å²) in [5, 5.41) is 8.23. The molecule has 0 saturated carbocycles. The second-order valence-electron chi connectivity index (χ2n) is 7.16. The SMILES string of the molecule is Cc1ccn(C2CN(C(N)=O)C2CNc2cc(C(F)(F)F)nc3ccc(Cl)cc23)n1. The maximum absolute atomic E-state index is 13.3. The van der Waals surface area contributed by atoms with Crippen LogP contribution in [0, 0.1) is 6.92 Å². The number of nitrogens with two attached hydrogens (primary N) is 1. The van der Waals surface area contributed by atoms with Gasteiger partial charge >= 0.3 is 12.2 Å². The Morgan fingerprint density at radius 2 is 2.10 bits per heavy atom. The van der Waals surface area contributed by atoms with Gasteiger partial charge in [-0.25, -0.2) is 9.78 Å². The van der Waals surface area contributed by atoms with E-state index in [0.29, 0.717) is 17.0 Å². The molecule has 0 bridgehead atoms. The van der Waals surface area contributed by atoms with E-state index >= 15 is 0 Å². The molecular weight excluding hydrogens is 421 g/mol. The van der Waals surface area contributed by atoms with Gasteiger partial charge in [-0.3, -0.25) is 4.68 Å². The summed E-state index contributed by atoms with van der Waals surface area (Å²) < 4.78 is 41.7. The lowest BCUT2D eigenvalue weighted by atomic mass is 9.96. The number of carbonyl (C=O) groups is 1. The van der Waals surface area contributed by atoms with Crippen molar-refractivity contribution >= 4 is 34.2 Å². The molecule has 3 aromatic rings. The molecule has 11 heteroatoms. The van der Waals surface area contributed by atoms with Gasteiger partial charge in [0, 0.05) is 35.4 Å². The number of carbonyl (C=O) groups excluding carboxylic acids is 1. The summed E-state index contributed by atoms with van der Waals surface area (Å²) in [4.78, 5) is 16.9. The number of hydrogen-bond donors (Lipinski definition) is 2. The number of aromatic nitrogens is 3. The molecule has 1 aliphatic heterocycles. The molecule has 30 heavy (non-hydrogen) atoms. The summed E-state index contributed by atoms with van der Waals surface area (Å²) in [7, 11) is 0. The van der Waals surface area contributed by atoms with Crippen molar-refractivity contribution in [2.75, 3.05) is 18.4 Å². The predicted molar refractivity (Wildman–Crippen MR) is 106 cm³/mol. The smallest absolute Gasteiger partial charge is 0.382 e. The lowest BCUT2D eigenvalue weighted by Crippen LogP contribution is -2.63. The van der Waals surface area contributed by atoms with Gasteiger partial charge in [-0.1, -0.05) is 11.6 Å². The fraction of sp³-hybridized carbons (Fsp3) is 0.316. The van der Waals surface area contributed by atoms with Crippen LogP contribution in [0.15, 0.2) is 36.5 Å². The lowest BCUT2D eigenvalue weighted by Gasteiger charge is -2.47. The highest BCUT2D eigenvalue weighted by Crippen LogP contribution is 2.35. The largest absolute Gasteiger partial charge is 0.433 e. The van der Waals surface area contributed by atoms with Gasteiger partial charge in [0.1, 0.15) is 5.69 Å². The number of primary amides is 1. The molecule has 3 N–H and O–H groups in total. The summed E-state index contributed by atoms with van der Waals surface area (Å²) in [5.41, 5.74) is 5.64. The summed E-state index contributed by atoms with van der Waals surface area (Å²) in [6.45, 7) is 2.40. The molecule has 2 atom stereocenters. The molecule has 2 aromatic heterocycles. The van der Waals surface area contributed by atoms with Crippen LogP contribution in [0.25, 0.3) is 10.9 Å². The minimum Gasteiger partial charge on any atom is -0.382 e. The van der Waals surface area contributed by atoms with E-state index in [1.807, 2.05) is 13.0 Å². The van der Waals surface area contributed by atoms with E-state index in [1.165, 1.54) is 17.0 Å². The number of alkyl halides is 3. The molecule has 0 radical (unpaired) electrons. The second-order valence-corrected chi connectivity index (χ2v) is 7.59. The number of aryl methyl sites for hydroxylation is 1. The predicted octanol–water partition coefficient (Wildman–Crippen LogP) is 3.83. The van der Waals surface area contributed by atoms with Crippen LogP contribution in [-0.4, -0.2) is 44.8 Å². The fourth-order valence-electron chi connectivity index (χ4n) is 3.61. The number of rotatable bonds is 4. The lowest BCUT2D eigenvalue weighted by molar-refractivity contribution is -0.140. The number of hydrogen-bond acceptors (Lipinski definition) is 4. The highest BCUT2D eigenvalue weighted by molar-refractivity contribution is 6.31. The monoisotopic (exact) mass is 438 g/mol. The second kappa shape index (κ2) is 7.35. The van der Waals surface area contributed by atoms with E-state index in [0.717, 1.165) is 11.8 Å². The first kappa shape index (κ1) is 20.3. The first-order valence-electron chi connectivity index (χ1n) is 9.12. The molecule has 1 fully saturated rings. The van der Waals surface area contributed by atoms with Crippen molar-refractivity contribution in [3.8, 4) is 0 Å². The number of amides is 2. The third-order valence-corrected chi connectivity index (χ3v) is 5.39. The Morgan fingerprint density at radius 1 is 1.33 bits per heavy atom. The highest BCUT2D eigenvalue weighted by atomic mass is 35.5. The number of anilines is 1. The van der Waals surface area contributed by atoms with Crippen LogP contribution in [0.3, 0.4) is 0 Å². The van der Waals surface area contributed by atoms with E-state index in [-0.39, 0.29) is 29.8 Å². The number of urea groups is 1. The molecule has 0 aliphatic carbocycles. The zero-order valence-electron chi connectivity index (χ0n) is 15.8. The average molecular weight is 439 g/mol. The summed E-state index contributed by atoms with van der Waals surface area (Å²) in [6.07, 6.45) is -2.80. The molecule has 1 aromatic carbocycles. The zero-order chi connectivity index (χ0) is 21.6. The van der Waals surface area contributed by atoms with Gasteiger partial charge in [-0.2, -0.15) is 18.3 Å². The number of nitrogens with one attached hydrogen (secondary N) is 1. The van der Waals surface area contributed by atoms with Crippen LogP contribution in [0.2, 0.25) is 5.02 Å². The first-order valence-corrected chi connectivity index (χ1v) is 9.50. The van der Waals surface area contributed by atoms with Crippen LogP contribution in [-0.2, 0) is 6.18 Å². The highest BCUT2D eigenvalue weighted by Gasteiger charge is 2.42. The van der Waals surface area contributed by atoms with Gasteiger partial charge < -0.3 is 16.0 Å². The van der Waals surface area contributed by atoms with E-state index in [9.17, 15) is 18.0 Å². The normalized spacial score (nSPS) is 19.0. The number of benzene rings is 1. The third kappa shape index (κ3) is 3.74. The minimum absolute atomic E-state index is 0.141. The van der Waals surface area contributed by atoms with Gasteiger partial charge in [0.15, 0.2) is 0 Å². The van der Waals surface area contributed by atoms with Crippen molar-refractivity contribution in [3.05, 3.63) is 52.9 Å². The molecule has 0 spiro atoms. The first-order chi connectivity index (χ1) is 14.1. The quantitative estimate of drug-likeness (QED) is 0.648. The summed E-state index contributed by atoms with van der Waals surface area (Å²) in [6, 6.07) is 6.14. The fourth-order valence-corrected chi connectivity index (χ4v) is 3.78. The molecule has 158 valence electrons.